The van der Waals surface area contributed by atoms with Gasteiger partial charge in [-0.2, -0.15) is 4.73 Å². The van der Waals surface area contributed by atoms with Crippen molar-refractivity contribution in [1.82, 2.24) is 9.88 Å². The van der Waals surface area contributed by atoms with Crippen LogP contribution >= 0.6 is 11.8 Å². The number of Topliss-reactive ketones (excluding diaryl/α,β-unsaturated/α-hetero) is 1. The van der Waals surface area contributed by atoms with Crippen LogP contribution < -0.4 is 4.73 Å². The van der Waals surface area contributed by atoms with Crippen molar-refractivity contribution in [3.8, 4) is 0 Å². The summed E-state index contributed by atoms with van der Waals surface area (Å²) in [5, 5.41) is 12.0. The second-order valence-corrected chi connectivity index (χ2v) is 6.37. The fourth-order valence-corrected chi connectivity index (χ4v) is 3.33. The van der Waals surface area contributed by atoms with E-state index in [-0.39, 0.29) is 17.4 Å². The molecule has 0 radical (unpaired) electrons. The van der Waals surface area contributed by atoms with E-state index < -0.39 is 0 Å². The van der Waals surface area contributed by atoms with Crippen molar-refractivity contribution in [3.05, 3.63) is 53.1 Å². The van der Waals surface area contributed by atoms with E-state index >= 15 is 0 Å². The van der Waals surface area contributed by atoms with Crippen molar-refractivity contribution in [2.75, 3.05) is 18.8 Å². The van der Waals surface area contributed by atoms with Gasteiger partial charge in [0.05, 0.1) is 5.75 Å². The molecule has 0 saturated carbocycles. The number of likely N-dealkylation sites (tertiary alicyclic amines) is 1. The Morgan fingerprint density at radius 1 is 1.30 bits per heavy atom. The van der Waals surface area contributed by atoms with Gasteiger partial charge < -0.3 is 15.1 Å². The highest BCUT2D eigenvalue weighted by molar-refractivity contribution is 7.99. The van der Waals surface area contributed by atoms with Crippen molar-refractivity contribution in [2.24, 2.45) is 0 Å². The molecule has 1 amide bonds. The fourth-order valence-electron chi connectivity index (χ4n) is 2.52. The SMILES string of the molecule is O=C(CSc1cccc[n+]1[O-])c1c[nH]c(C(=O)N2CCCC2)c1. The Morgan fingerprint density at radius 3 is 2.83 bits per heavy atom. The molecule has 2 aromatic heterocycles. The largest absolute Gasteiger partial charge is 0.618 e. The molecule has 0 bridgehead atoms. The van der Waals surface area contributed by atoms with Crippen LogP contribution in [0.1, 0.15) is 33.7 Å². The number of H-pyrrole nitrogens is 1. The third-order valence-corrected chi connectivity index (χ3v) is 4.79. The number of thioether (sulfide) groups is 1. The zero-order valence-electron chi connectivity index (χ0n) is 12.5. The molecular weight excluding hydrogens is 314 g/mol. The summed E-state index contributed by atoms with van der Waals surface area (Å²) in [6.07, 6.45) is 5.01. The highest BCUT2D eigenvalue weighted by Gasteiger charge is 2.22. The van der Waals surface area contributed by atoms with Crippen molar-refractivity contribution in [1.29, 1.82) is 0 Å². The summed E-state index contributed by atoms with van der Waals surface area (Å²) >= 11 is 1.18. The van der Waals surface area contributed by atoms with Crippen LogP contribution in [-0.4, -0.2) is 40.4 Å². The van der Waals surface area contributed by atoms with E-state index in [0.717, 1.165) is 30.7 Å². The van der Waals surface area contributed by atoms with Crippen molar-refractivity contribution >= 4 is 23.5 Å². The van der Waals surface area contributed by atoms with Crippen molar-refractivity contribution in [2.45, 2.75) is 17.9 Å². The van der Waals surface area contributed by atoms with Crippen LogP contribution in [0, 0.1) is 5.21 Å². The Kier molecular flexibility index (Phi) is 4.66. The Balaban J connectivity index is 1.62. The van der Waals surface area contributed by atoms with E-state index in [1.54, 1.807) is 35.4 Å². The highest BCUT2D eigenvalue weighted by Crippen LogP contribution is 2.17. The summed E-state index contributed by atoms with van der Waals surface area (Å²) in [6, 6.07) is 6.66. The smallest absolute Gasteiger partial charge is 0.270 e. The number of carbonyl (C=O) groups excluding carboxylic acids is 2. The summed E-state index contributed by atoms with van der Waals surface area (Å²) in [7, 11) is 0. The summed E-state index contributed by atoms with van der Waals surface area (Å²) in [6.45, 7) is 1.54. The molecule has 120 valence electrons. The number of nitrogens with one attached hydrogen (secondary N) is 1. The summed E-state index contributed by atoms with van der Waals surface area (Å²) in [5.74, 6) is -0.0215. The normalized spacial score (nSPS) is 14.2. The predicted octanol–water partition coefficient (Wildman–Crippen LogP) is 1.86. The Morgan fingerprint density at radius 2 is 2.09 bits per heavy atom. The Hall–Kier alpha value is -2.28. The molecule has 3 rings (SSSR count). The number of carbonyl (C=O) groups is 2. The van der Waals surface area contributed by atoms with Gasteiger partial charge in [0, 0.05) is 37.0 Å². The molecule has 0 unspecified atom stereocenters. The summed E-state index contributed by atoms with van der Waals surface area (Å²) < 4.78 is 0.734. The van der Waals surface area contributed by atoms with Gasteiger partial charge in [-0.15, -0.1) is 0 Å². The molecule has 3 heterocycles. The lowest BCUT2D eigenvalue weighted by molar-refractivity contribution is -0.645. The van der Waals surface area contributed by atoms with Crippen LogP contribution in [-0.2, 0) is 0 Å². The lowest BCUT2D eigenvalue weighted by atomic mass is 10.2. The number of aromatic amines is 1. The van der Waals surface area contributed by atoms with E-state index in [0.29, 0.717) is 16.3 Å². The van der Waals surface area contributed by atoms with Crippen molar-refractivity contribution < 1.29 is 14.3 Å². The third kappa shape index (κ3) is 3.56. The molecule has 0 aromatic carbocycles. The molecule has 0 atom stereocenters. The van der Waals surface area contributed by atoms with Gasteiger partial charge in [-0.05, 0) is 36.7 Å². The van der Waals surface area contributed by atoms with E-state index in [1.165, 1.54) is 18.0 Å². The van der Waals surface area contributed by atoms with E-state index in [1.807, 2.05) is 0 Å². The summed E-state index contributed by atoms with van der Waals surface area (Å²) in [5.41, 5.74) is 0.910. The maximum atomic E-state index is 12.2. The molecule has 7 heteroatoms. The molecule has 1 aliphatic heterocycles. The Labute approximate surface area is 138 Å². The lowest BCUT2D eigenvalue weighted by Crippen LogP contribution is -2.28. The van der Waals surface area contributed by atoms with Gasteiger partial charge >= 0.3 is 0 Å². The number of ketones is 1. The number of pyridine rings is 1. The average Bonchev–Trinajstić information content (AvgIpc) is 3.24. The lowest BCUT2D eigenvalue weighted by Gasteiger charge is -2.13. The first-order valence-electron chi connectivity index (χ1n) is 7.47. The molecule has 1 fully saturated rings. The molecule has 1 N–H and O–H groups in total. The zero-order valence-corrected chi connectivity index (χ0v) is 13.3. The number of aromatic nitrogens is 2. The minimum Gasteiger partial charge on any atom is -0.618 e. The number of hydrogen-bond donors (Lipinski definition) is 1. The predicted molar refractivity (Wildman–Crippen MR) is 86.4 cm³/mol. The first-order chi connectivity index (χ1) is 11.1. The molecule has 0 spiro atoms. The quantitative estimate of drug-likeness (QED) is 0.392. The second-order valence-electron chi connectivity index (χ2n) is 5.38. The molecule has 0 aliphatic carbocycles. The van der Waals surface area contributed by atoms with Crippen molar-refractivity contribution in [3.63, 3.8) is 0 Å². The van der Waals surface area contributed by atoms with Gasteiger partial charge in [0.15, 0.2) is 12.0 Å². The first-order valence-corrected chi connectivity index (χ1v) is 8.45. The highest BCUT2D eigenvalue weighted by atomic mass is 32.2. The molecule has 1 aliphatic rings. The van der Waals surface area contributed by atoms with E-state index in [4.69, 9.17) is 0 Å². The van der Waals surface area contributed by atoms with E-state index in [9.17, 15) is 14.8 Å². The molecule has 6 nitrogen and oxygen atoms in total. The van der Waals surface area contributed by atoms with Crippen LogP contribution in [0.3, 0.4) is 0 Å². The van der Waals surface area contributed by atoms with Gasteiger partial charge in [-0.1, -0.05) is 0 Å². The van der Waals surface area contributed by atoms with Gasteiger partial charge in [-0.25, -0.2) is 0 Å². The van der Waals surface area contributed by atoms with Crippen LogP contribution in [0.15, 0.2) is 41.7 Å². The minimum absolute atomic E-state index is 0.0605. The standard InChI is InChI=1S/C16H17N3O3S/c20-14(11-23-15-5-1-2-8-19(15)22)12-9-13(17-10-12)16(21)18-6-3-4-7-18/h1-2,5,8-10,17H,3-4,6-7,11H2. The molecule has 1 saturated heterocycles. The Bertz CT molecular complexity index is 723. The monoisotopic (exact) mass is 331 g/mol. The van der Waals surface area contributed by atoms with Gasteiger partial charge in [0.25, 0.3) is 10.9 Å². The van der Waals surface area contributed by atoms with Crippen LogP contribution in [0.5, 0.6) is 0 Å². The van der Waals surface area contributed by atoms with Gasteiger partial charge in [-0.3, -0.25) is 9.59 Å². The number of hydrogen-bond acceptors (Lipinski definition) is 4. The average molecular weight is 331 g/mol. The van der Waals surface area contributed by atoms with Gasteiger partial charge in [0.1, 0.15) is 5.69 Å². The maximum absolute atomic E-state index is 12.2. The van der Waals surface area contributed by atoms with Crippen LogP contribution in [0.25, 0.3) is 0 Å². The zero-order chi connectivity index (χ0) is 16.2. The maximum Gasteiger partial charge on any atom is 0.270 e. The molecule has 23 heavy (non-hydrogen) atoms. The van der Waals surface area contributed by atoms with E-state index in [2.05, 4.69) is 4.98 Å². The number of nitrogens with zero attached hydrogens (tertiary/aromatic N) is 2. The first kappa shape index (κ1) is 15.6. The van der Waals surface area contributed by atoms with Crippen LogP contribution in [0.4, 0.5) is 0 Å². The topological polar surface area (TPSA) is 80.1 Å². The molecule has 2 aromatic rings. The van der Waals surface area contributed by atoms with Crippen LogP contribution in [0.2, 0.25) is 0 Å². The summed E-state index contributed by atoms with van der Waals surface area (Å²) in [4.78, 5) is 29.1. The second kappa shape index (κ2) is 6.87. The minimum atomic E-state index is -0.115. The number of rotatable bonds is 5. The molecular formula is C16H17N3O3S. The fraction of sp³-hybridized carbons (Fsp3) is 0.312. The van der Waals surface area contributed by atoms with Gasteiger partial charge in [0.2, 0.25) is 0 Å². The number of amides is 1. The third-order valence-electron chi connectivity index (χ3n) is 3.77.